The zero-order valence-corrected chi connectivity index (χ0v) is 22.1. The zero-order chi connectivity index (χ0) is 25.8. The number of rotatable bonds is 8. The highest BCUT2D eigenvalue weighted by molar-refractivity contribution is 8.26. The Bertz CT molecular complexity index is 1470. The van der Waals surface area contributed by atoms with Gasteiger partial charge in [0.15, 0.2) is 11.5 Å². The van der Waals surface area contributed by atoms with Gasteiger partial charge in [0.1, 0.15) is 4.32 Å². The number of hydrogen-bond acceptors (Lipinski definition) is 6. The molecule has 2 heterocycles. The van der Waals surface area contributed by atoms with Crippen LogP contribution in [-0.2, 0) is 11.2 Å². The second kappa shape index (κ2) is 11.0. The van der Waals surface area contributed by atoms with Crippen molar-refractivity contribution in [2.75, 3.05) is 20.8 Å². The van der Waals surface area contributed by atoms with Gasteiger partial charge in [0, 0.05) is 23.9 Å². The average molecular weight is 528 g/mol. The van der Waals surface area contributed by atoms with Crippen molar-refractivity contribution >= 4 is 40.3 Å². The van der Waals surface area contributed by atoms with Crippen LogP contribution in [0.15, 0.2) is 90.0 Å². The smallest absolute Gasteiger partial charge is 0.266 e. The van der Waals surface area contributed by atoms with Crippen molar-refractivity contribution in [1.82, 2.24) is 14.7 Å². The number of carbonyl (C=O) groups is 1. The summed E-state index contributed by atoms with van der Waals surface area (Å²) in [6.07, 6.45) is 4.49. The lowest BCUT2D eigenvalue weighted by Crippen LogP contribution is -2.30. The van der Waals surface area contributed by atoms with Gasteiger partial charge in [-0.25, -0.2) is 4.68 Å². The molecule has 186 valence electrons. The summed E-state index contributed by atoms with van der Waals surface area (Å²) in [5.74, 6) is 1.24. The Morgan fingerprint density at radius 2 is 1.65 bits per heavy atom. The molecule has 8 heteroatoms. The van der Waals surface area contributed by atoms with E-state index in [1.807, 2.05) is 95.8 Å². The van der Waals surface area contributed by atoms with Gasteiger partial charge in [-0.3, -0.25) is 9.69 Å². The van der Waals surface area contributed by atoms with Crippen molar-refractivity contribution in [3.63, 3.8) is 0 Å². The van der Waals surface area contributed by atoms with E-state index in [4.69, 9.17) is 26.8 Å². The number of aromatic nitrogens is 2. The second-order valence-corrected chi connectivity index (χ2v) is 10.0. The topological polar surface area (TPSA) is 56.6 Å². The van der Waals surface area contributed by atoms with Crippen molar-refractivity contribution in [2.24, 2.45) is 0 Å². The monoisotopic (exact) mass is 527 g/mol. The van der Waals surface area contributed by atoms with E-state index in [1.54, 1.807) is 19.1 Å². The van der Waals surface area contributed by atoms with Gasteiger partial charge < -0.3 is 9.47 Å². The highest BCUT2D eigenvalue weighted by atomic mass is 32.2. The van der Waals surface area contributed by atoms with E-state index < -0.39 is 0 Å². The molecule has 3 aromatic carbocycles. The summed E-state index contributed by atoms with van der Waals surface area (Å²) >= 11 is 6.91. The summed E-state index contributed by atoms with van der Waals surface area (Å²) in [4.78, 5) is 15.6. The molecule has 0 N–H and O–H groups in total. The van der Waals surface area contributed by atoms with E-state index in [0.29, 0.717) is 33.7 Å². The number of amides is 1. The van der Waals surface area contributed by atoms with Crippen LogP contribution in [0.4, 0.5) is 0 Å². The summed E-state index contributed by atoms with van der Waals surface area (Å²) in [5, 5.41) is 4.85. The number of carbonyl (C=O) groups excluding carboxylic acids is 1. The van der Waals surface area contributed by atoms with Gasteiger partial charge in [-0.2, -0.15) is 5.10 Å². The molecule has 37 heavy (non-hydrogen) atoms. The molecule has 0 spiro atoms. The van der Waals surface area contributed by atoms with Crippen molar-refractivity contribution < 1.29 is 14.3 Å². The Morgan fingerprint density at radius 3 is 2.35 bits per heavy atom. The maximum atomic E-state index is 13.4. The summed E-state index contributed by atoms with van der Waals surface area (Å²) < 4.78 is 13.1. The molecule has 4 aromatic rings. The van der Waals surface area contributed by atoms with Crippen LogP contribution >= 0.6 is 24.0 Å². The summed E-state index contributed by atoms with van der Waals surface area (Å²) in [6.45, 7) is 0.478. The third-order valence-electron chi connectivity index (χ3n) is 6.04. The standard InChI is InChI=1S/C29H25N3O3S2/c1-34-24-14-13-20(17-25(24)35-2)15-16-31-28(33)26(37-29(31)36)18-22-19-32(23-11-7-4-8-12-23)30-27(22)21-9-5-3-6-10-21/h3-14,17-19H,15-16H2,1-2H3/b26-18+. The van der Waals surface area contributed by atoms with Gasteiger partial charge >= 0.3 is 0 Å². The quantitative estimate of drug-likeness (QED) is 0.207. The highest BCUT2D eigenvalue weighted by Gasteiger charge is 2.32. The lowest BCUT2D eigenvalue weighted by atomic mass is 10.1. The number of hydrogen-bond donors (Lipinski definition) is 0. The molecule has 0 aliphatic carbocycles. The van der Waals surface area contributed by atoms with Crippen LogP contribution in [0.2, 0.25) is 0 Å². The minimum atomic E-state index is -0.0954. The summed E-state index contributed by atoms with van der Waals surface area (Å²) in [7, 11) is 3.22. The van der Waals surface area contributed by atoms with E-state index in [2.05, 4.69) is 0 Å². The minimum Gasteiger partial charge on any atom is -0.493 e. The van der Waals surface area contributed by atoms with Crippen LogP contribution < -0.4 is 9.47 Å². The van der Waals surface area contributed by atoms with Crippen LogP contribution in [0, 0.1) is 0 Å². The Balaban J connectivity index is 1.41. The highest BCUT2D eigenvalue weighted by Crippen LogP contribution is 2.35. The van der Waals surface area contributed by atoms with Gasteiger partial charge in [-0.1, -0.05) is 78.6 Å². The summed E-state index contributed by atoms with van der Waals surface area (Å²) in [6, 6.07) is 25.7. The molecule has 1 aliphatic rings. The number of thioether (sulfide) groups is 1. The molecular weight excluding hydrogens is 502 g/mol. The van der Waals surface area contributed by atoms with E-state index in [1.165, 1.54) is 11.8 Å². The largest absolute Gasteiger partial charge is 0.493 e. The Morgan fingerprint density at radius 1 is 0.946 bits per heavy atom. The fraction of sp³-hybridized carbons (Fsp3) is 0.138. The van der Waals surface area contributed by atoms with E-state index in [9.17, 15) is 4.79 Å². The van der Waals surface area contributed by atoms with Crippen LogP contribution in [0.3, 0.4) is 0 Å². The minimum absolute atomic E-state index is 0.0954. The second-order valence-electron chi connectivity index (χ2n) is 8.35. The molecular formula is C29H25N3O3S2. The van der Waals surface area contributed by atoms with E-state index in [0.717, 1.165) is 28.1 Å². The zero-order valence-electron chi connectivity index (χ0n) is 20.5. The molecule has 1 saturated heterocycles. The lowest BCUT2D eigenvalue weighted by molar-refractivity contribution is -0.122. The predicted molar refractivity (Wildman–Crippen MR) is 152 cm³/mol. The fourth-order valence-electron chi connectivity index (χ4n) is 4.14. The van der Waals surface area contributed by atoms with Gasteiger partial charge in [0.05, 0.1) is 30.5 Å². The fourth-order valence-corrected chi connectivity index (χ4v) is 5.44. The van der Waals surface area contributed by atoms with Gasteiger partial charge in [0.25, 0.3) is 5.91 Å². The number of para-hydroxylation sites is 1. The molecule has 0 saturated carbocycles. The number of methoxy groups -OCH3 is 2. The Kier molecular flexibility index (Phi) is 7.39. The Hall–Kier alpha value is -3.88. The Labute approximate surface area is 225 Å². The normalized spacial score (nSPS) is 14.4. The number of nitrogens with zero attached hydrogens (tertiary/aromatic N) is 3. The van der Waals surface area contributed by atoms with Crippen molar-refractivity contribution in [1.29, 1.82) is 0 Å². The van der Waals surface area contributed by atoms with Crippen LogP contribution in [-0.4, -0.2) is 45.7 Å². The van der Waals surface area contributed by atoms with Crippen LogP contribution in [0.1, 0.15) is 11.1 Å². The van der Waals surface area contributed by atoms with Gasteiger partial charge in [-0.15, -0.1) is 0 Å². The third-order valence-corrected chi connectivity index (χ3v) is 7.42. The maximum Gasteiger partial charge on any atom is 0.266 e. The first kappa shape index (κ1) is 24.8. The van der Waals surface area contributed by atoms with Crippen LogP contribution in [0.5, 0.6) is 11.5 Å². The first-order chi connectivity index (χ1) is 18.1. The van der Waals surface area contributed by atoms with Crippen molar-refractivity contribution in [3.8, 4) is 28.4 Å². The number of ether oxygens (including phenoxy) is 2. The first-order valence-electron chi connectivity index (χ1n) is 11.7. The molecule has 0 atom stereocenters. The molecule has 0 bridgehead atoms. The third kappa shape index (κ3) is 5.30. The van der Waals surface area contributed by atoms with E-state index >= 15 is 0 Å². The SMILES string of the molecule is COc1ccc(CCN2C(=O)/C(=C\c3cn(-c4ccccc4)nc3-c3ccccc3)SC2=S)cc1OC. The number of benzene rings is 3. The molecule has 1 fully saturated rings. The molecule has 1 aliphatic heterocycles. The first-order valence-corrected chi connectivity index (χ1v) is 13.0. The van der Waals surface area contributed by atoms with E-state index in [-0.39, 0.29) is 5.91 Å². The lowest BCUT2D eigenvalue weighted by Gasteiger charge is -2.15. The van der Waals surface area contributed by atoms with Gasteiger partial charge in [-0.05, 0) is 42.3 Å². The van der Waals surface area contributed by atoms with Crippen LogP contribution in [0.25, 0.3) is 23.0 Å². The molecule has 1 aromatic heterocycles. The maximum absolute atomic E-state index is 13.4. The molecule has 1 amide bonds. The molecule has 0 unspecified atom stereocenters. The average Bonchev–Trinajstić information content (AvgIpc) is 3.48. The molecule has 0 radical (unpaired) electrons. The molecule has 6 nitrogen and oxygen atoms in total. The van der Waals surface area contributed by atoms with Crippen molar-refractivity contribution in [3.05, 3.63) is 101 Å². The van der Waals surface area contributed by atoms with Crippen molar-refractivity contribution in [2.45, 2.75) is 6.42 Å². The van der Waals surface area contributed by atoms with Gasteiger partial charge in [0.2, 0.25) is 0 Å². The molecule has 5 rings (SSSR count). The summed E-state index contributed by atoms with van der Waals surface area (Å²) in [5.41, 5.74) is 4.62. The predicted octanol–water partition coefficient (Wildman–Crippen LogP) is 6.00. The number of thiocarbonyl (C=S) groups is 1.